The first-order chi connectivity index (χ1) is 24.5. The molecule has 0 bridgehead atoms. The minimum Gasteiger partial charge on any atom is -0.465 e. The van der Waals surface area contributed by atoms with Gasteiger partial charge in [0.1, 0.15) is 6.04 Å². The summed E-state index contributed by atoms with van der Waals surface area (Å²) in [5.41, 5.74) is 4.47. The molecule has 1 saturated heterocycles. The third-order valence-electron chi connectivity index (χ3n) is 9.70. The monoisotopic (exact) mass is 718 g/mol. The molecule has 3 aromatic carbocycles. The number of benzene rings is 3. The Balaban J connectivity index is 1.19. The quantitative estimate of drug-likeness (QED) is 0.135. The molecule has 1 aliphatic carbocycles. The van der Waals surface area contributed by atoms with Gasteiger partial charge in [0.05, 0.1) is 29.1 Å². The van der Waals surface area contributed by atoms with Crippen LogP contribution in [-0.2, 0) is 30.8 Å². The van der Waals surface area contributed by atoms with E-state index in [2.05, 4.69) is 25.9 Å². The van der Waals surface area contributed by atoms with Crippen LogP contribution in [0.3, 0.4) is 0 Å². The van der Waals surface area contributed by atoms with Gasteiger partial charge in [-0.2, -0.15) is 4.31 Å². The van der Waals surface area contributed by atoms with Crippen LogP contribution in [0, 0.1) is 18.8 Å². The number of fused-ring (bicyclic) bond motifs is 1. The van der Waals surface area contributed by atoms with Crippen molar-refractivity contribution in [1.82, 2.24) is 24.9 Å². The zero-order valence-electron chi connectivity index (χ0n) is 28.2. The molecule has 0 radical (unpaired) electrons. The number of sulfonamides is 1. The highest BCUT2D eigenvalue weighted by molar-refractivity contribution is 7.89. The maximum atomic E-state index is 13.7. The van der Waals surface area contributed by atoms with Crippen LogP contribution in [0.25, 0.3) is 22.2 Å². The van der Waals surface area contributed by atoms with Crippen LogP contribution in [-0.4, -0.2) is 84.6 Å². The van der Waals surface area contributed by atoms with Crippen molar-refractivity contribution in [2.24, 2.45) is 11.8 Å². The smallest absolute Gasteiger partial charge is 0.404 e. The fourth-order valence-corrected chi connectivity index (χ4v) is 8.20. The van der Waals surface area contributed by atoms with Gasteiger partial charge in [-0.15, -0.1) is 0 Å². The van der Waals surface area contributed by atoms with Gasteiger partial charge >= 0.3 is 11.8 Å². The van der Waals surface area contributed by atoms with E-state index >= 15 is 0 Å². The molecule has 1 aromatic heterocycles. The summed E-state index contributed by atoms with van der Waals surface area (Å²) in [6.07, 6.45) is 1.67. The van der Waals surface area contributed by atoms with Gasteiger partial charge in [0, 0.05) is 37.7 Å². The van der Waals surface area contributed by atoms with E-state index < -0.39 is 28.1 Å². The zero-order valence-corrected chi connectivity index (χ0v) is 29.1. The number of carboxylic acid groups (broad SMARTS) is 1. The molecule has 2 fully saturated rings. The first kappa shape index (κ1) is 35.8. The largest absolute Gasteiger partial charge is 0.465 e. The predicted octanol–water partition coefficient (Wildman–Crippen LogP) is 3.59. The lowest BCUT2D eigenvalue weighted by Gasteiger charge is -2.29. The molecule has 4 aromatic rings. The second kappa shape index (κ2) is 15.5. The second-order valence-corrected chi connectivity index (χ2v) is 15.1. The van der Waals surface area contributed by atoms with Crippen molar-refractivity contribution in [3.63, 3.8) is 0 Å². The van der Waals surface area contributed by atoms with Crippen LogP contribution in [0.5, 0.6) is 0 Å². The van der Waals surface area contributed by atoms with E-state index in [9.17, 15) is 27.6 Å². The Morgan fingerprint density at radius 2 is 1.65 bits per heavy atom. The van der Waals surface area contributed by atoms with Crippen LogP contribution in [0.4, 0.5) is 10.5 Å². The highest BCUT2D eigenvalue weighted by atomic mass is 32.2. The van der Waals surface area contributed by atoms with E-state index in [1.807, 2.05) is 31.2 Å². The number of carbonyl (C=O) groups is 3. The number of nitrogens with one attached hydrogen (secondary N) is 5. The molecule has 14 nitrogen and oxygen atoms in total. The van der Waals surface area contributed by atoms with E-state index in [0.717, 1.165) is 22.3 Å². The molecule has 6 N–H and O–H groups in total. The number of morpholine rings is 1. The average Bonchev–Trinajstić information content (AvgIpc) is 3.50. The summed E-state index contributed by atoms with van der Waals surface area (Å²) in [7, 11) is -3.69. The summed E-state index contributed by atoms with van der Waals surface area (Å²) in [5.74, 6) is -0.827. The molecule has 0 spiro atoms. The van der Waals surface area contributed by atoms with Gasteiger partial charge in [0.2, 0.25) is 21.8 Å². The Morgan fingerprint density at radius 1 is 0.941 bits per heavy atom. The molecule has 2 aliphatic rings. The van der Waals surface area contributed by atoms with Crippen LogP contribution in [0.2, 0.25) is 0 Å². The molecule has 51 heavy (non-hydrogen) atoms. The number of aromatic amines is 2. The molecule has 1 aliphatic heterocycles. The Bertz CT molecular complexity index is 2060. The van der Waals surface area contributed by atoms with Crippen LogP contribution in [0.1, 0.15) is 36.8 Å². The maximum Gasteiger partial charge on any atom is 0.404 e. The van der Waals surface area contributed by atoms with Crippen molar-refractivity contribution in [2.45, 2.75) is 50.0 Å². The molecular weight excluding hydrogens is 676 g/mol. The highest BCUT2D eigenvalue weighted by Crippen LogP contribution is 2.30. The number of carbonyl (C=O) groups excluding carboxylic acids is 2. The summed E-state index contributed by atoms with van der Waals surface area (Å²) < 4.78 is 33.5. The van der Waals surface area contributed by atoms with Crippen LogP contribution in [0.15, 0.2) is 70.4 Å². The number of aryl methyl sites for hydroxylation is 1. The van der Waals surface area contributed by atoms with Gasteiger partial charge in [-0.05, 0) is 91.1 Å². The highest BCUT2D eigenvalue weighted by Gasteiger charge is 2.30. The number of ether oxygens (including phenoxy) is 1. The molecular formula is C36H42N6O8S. The van der Waals surface area contributed by atoms with E-state index in [0.29, 0.717) is 75.3 Å². The molecule has 1 saturated carbocycles. The van der Waals surface area contributed by atoms with Gasteiger partial charge in [-0.1, -0.05) is 30.3 Å². The number of amides is 3. The first-order valence-electron chi connectivity index (χ1n) is 17.0. The van der Waals surface area contributed by atoms with Crippen molar-refractivity contribution in [1.29, 1.82) is 0 Å². The second-order valence-electron chi connectivity index (χ2n) is 13.2. The number of aromatic nitrogens is 2. The van der Waals surface area contributed by atoms with Gasteiger partial charge < -0.3 is 35.8 Å². The van der Waals surface area contributed by atoms with Crippen molar-refractivity contribution < 1.29 is 32.6 Å². The van der Waals surface area contributed by atoms with Crippen LogP contribution < -0.4 is 21.6 Å². The number of imidazole rings is 1. The van der Waals surface area contributed by atoms with Crippen molar-refractivity contribution in [2.75, 3.05) is 38.2 Å². The molecule has 3 amide bonds. The fraction of sp³-hybridized carbons (Fsp3) is 0.389. The molecule has 6 rings (SSSR count). The summed E-state index contributed by atoms with van der Waals surface area (Å²) in [6, 6.07) is 16.6. The number of rotatable bonds is 11. The third kappa shape index (κ3) is 8.67. The minimum atomic E-state index is -3.69. The predicted molar refractivity (Wildman–Crippen MR) is 191 cm³/mol. The summed E-state index contributed by atoms with van der Waals surface area (Å²) in [4.78, 5) is 55.4. The molecule has 2 heterocycles. The number of hydrogen-bond acceptors (Lipinski definition) is 7. The van der Waals surface area contributed by atoms with Gasteiger partial charge in [-0.3, -0.25) is 9.59 Å². The summed E-state index contributed by atoms with van der Waals surface area (Å²) in [6.45, 7) is 3.58. The number of H-pyrrole nitrogens is 2. The number of anilines is 1. The third-order valence-corrected chi connectivity index (χ3v) is 11.6. The average molecular weight is 719 g/mol. The molecule has 270 valence electrons. The Kier molecular flexibility index (Phi) is 10.9. The molecule has 0 unspecified atom stereocenters. The number of hydrogen-bond donors (Lipinski definition) is 6. The van der Waals surface area contributed by atoms with Crippen LogP contribution >= 0.6 is 0 Å². The normalized spacial score (nSPS) is 18.9. The summed E-state index contributed by atoms with van der Waals surface area (Å²) in [5, 5.41) is 17.2. The van der Waals surface area contributed by atoms with Crippen molar-refractivity contribution in [3.05, 3.63) is 82.3 Å². The maximum absolute atomic E-state index is 13.7. The Labute approximate surface area is 295 Å². The van der Waals surface area contributed by atoms with E-state index in [4.69, 9.17) is 9.84 Å². The minimum absolute atomic E-state index is 0.154. The Morgan fingerprint density at radius 3 is 2.35 bits per heavy atom. The lowest BCUT2D eigenvalue weighted by atomic mass is 9.81. The van der Waals surface area contributed by atoms with Gasteiger partial charge in [0.25, 0.3) is 0 Å². The summed E-state index contributed by atoms with van der Waals surface area (Å²) >= 11 is 0. The van der Waals surface area contributed by atoms with Gasteiger partial charge in [0.15, 0.2) is 0 Å². The van der Waals surface area contributed by atoms with Crippen molar-refractivity contribution >= 4 is 44.7 Å². The first-order valence-corrected chi connectivity index (χ1v) is 18.5. The lowest BCUT2D eigenvalue weighted by Crippen LogP contribution is -2.48. The molecule has 15 heteroatoms. The van der Waals surface area contributed by atoms with E-state index in [1.54, 1.807) is 36.4 Å². The zero-order chi connectivity index (χ0) is 36.1. The number of nitrogens with zero attached hydrogens (tertiary/aromatic N) is 1. The topological polar surface area (TPSA) is 203 Å². The lowest BCUT2D eigenvalue weighted by molar-refractivity contribution is -0.130. The van der Waals surface area contributed by atoms with E-state index in [1.165, 1.54) is 4.31 Å². The Hall–Kier alpha value is -4.99. The van der Waals surface area contributed by atoms with Gasteiger partial charge in [-0.25, -0.2) is 18.0 Å². The van der Waals surface area contributed by atoms with E-state index in [-0.39, 0.29) is 34.7 Å². The SMILES string of the molecule is Cc1ccc(S(=O)(=O)N2CCOCC2)cc1-c1ccc(C[C@H](NC(=O)[C@H]2CC[C@H](CNC(=O)O)CC2)C(=O)Nc2ccc3[nH]c(=O)[nH]c3c2)cc1. The standard InChI is InChI=1S/C36H42N6O8S/c1-22-2-12-28(51(48,49)42-14-16-50-17-15-42)20-29(22)25-7-3-23(4-8-25)18-32(34(44)38-27-11-13-30-31(19-27)41-35(45)40-30)39-33(43)26-9-5-24(6-10-26)21-37-36(46)47/h2-4,7-8,11-13,19-20,24,26,32,37H,5-6,9-10,14-18,21H2,1H3,(H,38,44)(H,39,43)(H,46,47)(H2,40,41,45)/t24-,26-,32-/m0/s1. The molecule has 1 atom stereocenters. The fourth-order valence-electron chi connectivity index (χ4n) is 6.76. The van der Waals surface area contributed by atoms with Crippen molar-refractivity contribution in [3.8, 4) is 11.1 Å².